The number of nitrogens with one attached hydrogen (secondary N) is 1. The second-order valence-electron chi connectivity index (χ2n) is 2.90. The summed E-state index contributed by atoms with van der Waals surface area (Å²) in [5.41, 5.74) is 5.17. The van der Waals surface area contributed by atoms with Gasteiger partial charge in [0.2, 0.25) is 6.33 Å². The van der Waals surface area contributed by atoms with Crippen LogP contribution in [0.3, 0.4) is 0 Å². The summed E-state index contributed by atoms with van der Waals surface area (Å²) in [6, 6.07) is 0.485. The highest BCUT2D eigenvalue weighted by molar-refractivity contribution is 4.90. The molecule has 0 aliphatic carbocycles. The van der Waals surface area contributed by atoms with Crippen molar-refractivity contribution in [1.82, 2.24) is 4.98 Å². The number of aromatic nitrogens is 2. The SMILES string of the molecule is C[C@H]([NH3+])Cc1c[n+](C)c[nH]1. The molecule has 4 N–H and O–H groups in total. The molecule has 10 heavy (non-hydrogen) atoms. The summed E-state index contributed by atoms with van der Waals surface area (Å²) in [7, 11) is 2.01. The Hall–Kier alpha value is -0.830. The van der Waals surface area contributed by atoms with E-state index >= 15 is 0 Å². The normalized spacial score (nSPS) is 13.5. The second-order valence-corrected chi connectivity index (χ2v) is 2.90. The van der Waals surface area contributed by atoms with Gasteiger partial charge in [-0.05, 0) is 6.92 Å². The molecule has 0 amide bonds. The lowest BCUT2D eigenvalue weighted by Crippen LogP contribution is -2.60. The molecule has 0 bridgehead atoms. The third kappa shape index (κ3) is 1.84. The minimum absolute atomic E-state index is 0.485. The number of hydrogen-bond donors (Lipinski definition) is 2. The Morgan fingerprint density at radius 2 is 2.50 bits per heavy atom. The zero-order valence-electron chi connectivity index (χ0n) is 6.59. The summed E-state index contributed by atoms with van der Waals surface area (Å²) >= 11 is 0. The van der Waals surface area contributed by atoms with E-state index in [-0.39, 0.29) is 0 Å². The monoisotopic (exact) mass is 141 g/mol. The molecular formula is C7H15N3+2. The van der Waals surface area contributed by atoms with Crippen LogP contribution in [-0.4, -0.2) is 11.0 Å². The summed E-state index contributed by atoms with van der Waals surface area (Å²) in [5.74, 6) is 0. The molecule has 0 radical (unpaired) electrons. The van der Waals surface area contributed by atoms with Crippen LogP contribution in [0.5, 0.6) is 0 Å². The van der Waals surface area contributed by atoms with Crippen LogP contribution in [0, 0.1) is 0 Å². The number of H-pyrrole nitrogens is 1. The fourth-order valence-electron chi connectivity index (χ4n) is 0.992. The number of quaternary nitrogens is 1. The molecule has 3 nitrogen and oxygen atoms in total. The molecule has 0 aliphatic heterocycles. The first-order valence-electron chi connectivity index (χ1n) is 3.54. The molecule has 1 rings (SSSR count). The van der Waals surface area contributed by atoms with Crippen molar-refractivity contribution >= 4 is 0 Å². The predicted molar refractivity (Wildman–Crippen MR) is 38.0 cm³/mol. The van der Waals surface area contributed by atoms with Crippen LogP contribution in [0.15, 0.2) is 12.5 Å². The lowest BCUT2D eigenvalue weighted by atomic mass is 10.2. The maximum absolute atomic E-state index is 3.91. The van der Waals surface area contributed by atoms with Crippen LogP contribution in [0.25, 0.3) is 0 Å². The average Bonchev–Trinajstić information content (AvgIpc) is 2.13. The highest BCUT2D eigenvalue weighted by Crippen LogP contribution is 1.91. The van der Waals surface area contributed by atoms with Crippen molar-refractivity contribution in [1.29, 1.82) is 0 Å². The van der Waals surface area contributed by atoms with E-state index in [4.69, 9.17) is 0 Å². The molecule has 1 heterocycles. The van der Waals surface area contributed by atoms with Gasteiger partial charge in [-0.25, -0.2) is 9.55 Å². The molecule has 56 valence electrons. The predicted octanol–water partition coefficient (Wildman–Crippen LogP) is -0.988. The fourth-order valence-corrected chi connectivity index (χ4v) is 0.992. The number of rotatable bonds is 2. The first kappa shape index (κ1) is 7.28. The fraction of sp³-hybridized carbons (Fsp3) is 0.571. The lowest BCUT2D eigenvalue weighted by molar-refractivity contribution is -0.670. The van der Waals surface area contributed by atoms with Crippen LogP contribution in [-0.2, 0) is 13.5 Å². The Labute approximate surface area is 60.9 Å². The smallest absolute Gasteiger partial charge is 0.241 e. The van der Waals surface area contributed by atoms with Gasteiger partial charge in [-0.2, -0.15) is 0 Å². The molecule has 0 fully saturated rings. The van der Waals surface area contributed by atoms with E-state index in [0.717, 1.165) is 6.42 Å². The van der Waals surface area contributed by atoms with E-state index in [1.165, 1.54) is 5.69 Å². The molecule has 0 unspecified atom stereocenters. The highest BCUT2D eigenvalue weighted by Gasteiger charge is 2.06. The van der Waals surface area contributed by atoms with Gasteiger partial charge in [0.1, 0.15) is 11.9 Å². The maximum atomic E-state index is 3.91. The zero-order chi connectivity index (χ0) is 7.56. The van der Waals surface area contributed by atoms with Crippen molar-refractivity contribution in [2.45, 2.75) is 19.4 Å². The minimum Gasteiger partial charge on any atom is -0.355 e. The third-order valence-electron chi connectivity index (χ3n) is 1.38. The number of aryl methyl sites for hydroxylation is 1. The number of imidazole rings is 1. The highest BCUT2D eigenvalue weighted by atomic mass is 15.0. The topological polar surface area (TPSA) is 47.3 Å². The molecule has 0 saturated heterocycles. The molecule has 0 spiro atoms. The lowest BCUT2D eigenvalue weighted by Gasteiger charge is -1.92. The van der Waals surface area contributed by atoms with E-state index in [0.29, 0.717) is 6.04 Å². The van der Waals surface area contributed by atoms with Gasteiger partial charge in [-0.1, -0.05) is 0 Å². The quantitative estimate of drug-likeness (QED) is 0.497. The summed E-state index contributed by atoms with van der Waals surface area (Å²) in [4.78, 5) is 3.16. The van der Waals surface area contributed by atoms with Gasteiger partial charge in [-0.15, -0.1) is 0 Å². The van der Waals surface area contributed by atoms with Crippen molar-refractivity contribution in [2.75, 3.05) is 0 Å². The van der Waals surface area contributed by atoms with Crippen molar-refractivity contribution in [3.63, 3.8) is 0 Å². The first-order valence-corrected chi connectivity index (χ1v) is 3.54. The molecule has 1 aromatic rings. The second kappa shape index (κ2) is 2.84. The van der Waals surface area contributed by atoms with Crippen molar-refractivity contribution in [2.24, 2.45) is 7.05 Å². The Kier molecular flexibility index (Phi) is 2.06. The van der Waals surface area contributed by atoms with Gasteiger partial charge >= 0.3 is 0 Å². The summed E-state index contributed by atoms with van der Waals surface area (Å²) in [5, 5.41) is 0. The zero-order valence-corrected chi connectivity index (χ0v) is 6.59. The van der Waals surface area contributed by atoms with E-state index in [1.54, 1.807) is 0 Å². The average molecular weight is 141 g/mol. The molecule has 1 aromatic heterocycles. The summed E-state index contributed by atoms with van der Waals surface area (Å²) in [6.07, 6.45) is 5.06. The van der Waals surface area contributed by atoms with E-state index in [9.17, 15) is 0 Å². The van der Waals surface area contributed by atoms with Crippen LogP contribution < -0.4 is 10.3 Å². The van der Waals surface area contributed by atoms with E-state index in [2.05, 4.69) is 23.8 Å². The van der Waals surface area contributed by atoms with Crippen molar-refractivity contribution in [3.8, 4) is 0 Å². The molecule has 3 heteroatoms. The van der Waals surface area contributed by atoms with Crippen LogP contribution >= 0.6 is 0 Å². The van der Waals surface area contributed by atoms with E-state index < -0.39 is 0 Å². The molecule has 0 saturated carbocycles. The first-order chi connectivity index (χ1) is 4.68. The molecule has 1 atom stereocenters. The number of aromatic amines is 1. The van der Waals surface area contributed by atoms with E-state index in [1.807, 2.05) is 17.9 Å². The third-order valence-corrected chi connectivity index (χ3v) is 1.38. The van der Waals surface area contributed by atoms with Gasteiger partial charge in [-0.3, -0.25) is 0 Å². The molecular weight excluding hydrogens is 126 g/mol. The van der Waals surface area contributed by atoms with Gasteiger partial charge in [0, 0.05) is 0 Å². The largest absolute Gasteiger partial charge is 0.355 e. The number of nitrogens with zero attached hydrogens (tertiary/aromatic N) is 1. The van der Waals surface area contributed by atoms with Gasteiger partial charge < -0.3 is 5.73 Å². The van der Waals surface area contributed by atoms with Gasteiger partial charge in [0.15, 0.2) is 0 Å². The Morgan fingerprint density at radius 3 is 2.90 bits per heavy atom. The van der Waals surface area contributed by atoms with Crippen molar-refractivity contribution in [3.05, 3.63) is 18.2 Å². The van der Waals surface area contributed by atoms with Crippen LogP contribution in [0.2, 0.25) is 0 Å². The van der Waals surface area contributed by atoms with Crippen LogP contribution in [0.4, 0.5) is 0 Å². The van der Waals surface area contributed by atoms with Crippen LogP contribution in [0.1, 0.15) is 12.6 Å². The molecule has 0 aromatic carbocycles. The Morgan fingerprint density at radius 1 is 1.80 bits per heavy atom. The van der Waals surface area contributed by atoms with Gasteiger partial charge in [0.25, 0.3) is 0 Å². The summed E-state index contributed by atoms with van der Waals surface area (Å²) < 4.78 is 2.01. The van der Waals surface area contributed by atoms with Crippen molar-refractivity contribution < 1.29 is 10.3 Å². The summed E-state index contributed by atoms with van der Waals surface area (Å²) in [6.45, 7) is 2.11. The maximum Gasteiger partial charge on any atom is 0.241 e. The Balaban J connectivity index is 2.58. The number of hydrogen-bond acceptors (Lipinski definition) is 0. The molecule has 0 aliphatic rings. The Bertz CT molecular complexity index is 202. The standard InChI is InChI=1S/C7H13N3/c1-6(8)3-7-4-10(2)5-9-7/h4-6H,3,8H2,1-2H3/p+2/t6-/m0/s1. The van der Waals surface area contributed by atoms with Gasteiger partial charge in [0.05, 0.1) is 19.5 Å². The minimum atomic E-state index is 0.485.